The molecule has 0 saturated carbocycles. The number of aliphatic hydroxyl groups is 1. The van der Waals surface area contributed by atoms with E-state index < -0.39 is 0 Å². The lowest BCUT2D eigenvalue weighted by atomic mass is 10.2. The maximum absolute atomic E-state index is 11.8. The molecule has 0 aromatic rings. The molecule has 0 aliphatic heterocycles. The number of hydrogen-bond acceptors (Lipinski definition) is 4. The maximum Gasteiger partial charge on any atom is 0.222 e. The molecule has 0 aromatic heterocycles. The van der Waals surface area contributed by atoms with E-state index in [0.29, 0.717) is 32.2 Å². The van der Waals surface area contributed by atoms with Crippen molar-refractivity contribution in [2.75, 3.05) is 40.0 Å². The minimum absolute atomic E-state index is 0.000299. The van der Waals surface area contributed by atoms with E-state index in [1.165, 1.54) is 0 Å². The zero-order valence-corrected chi connectivity index (χ0v) is 11.2. The predicted octanol–water partition coefficient (Wildman–Crippen LogP) is 0.232. The highest BCUT2D eigenvalue weighted by molar-refractivity contribution is 5.76. The fraction of sp³-hybridized carbons (Fsp3) is 0.917. The Morgan fingerprint density at radius 2 is 2.12 bits per heavy atom. The second kappa shape index (κ2) is 10.5. The quantitative estimate of drug-likeness (QED) is 0.542. The van der Waals surface area contributed by atoms with Crippen LogP contribution in [0.3, 0.4) is 0 Å². The van der Waals surface area contributed by atoms with E-state index in [2.05, 4.69) is 19.2 Å². The minimum Gasteiger partial charge on any atom is -0.395 e. The number of hydrogen-bond donors (Lipinski definition) is 2. The number of rotatable bonds is 10. The Kier molecular flexibility index (Phi) is 10.1. The van der Waals surface area contributed by atoms with Crippen LogP contribution >= 0.6 is 0 Å². The van der Waals surface area contributed by atoms with Gasteiger partial charge in [0.05, 0.1) is 13.2 Å². The molecule has 17 heavy (non-hydrogen) atoms. The molecule has 102 valence electrons. The van der Waals surface area contributed by atoms with Gasteiger partial charge in [0.25, 0.3) is 0 Å². The minimum atomic E-state index is -0.000299. The Hall–Kier alpha value is -0.650. The number of nitrogens with one attached hydrogen (secondary N) is 1. The highest BCUT2D eigenvalue weighted by atomic mass is 16.5. The molecule has 0 aromatic carbocycles. The summed E-state index contributed by atoms with van der Waals surface area (Å²) in [7, 11) is 1.61. The molecule has 0 fully saturated rings. The molecule has 0 bridgehead atoms. The second-order valence-electron chi connectivity index (χ2n) is 4.31. The maximum atomic E-state index is 11.8. The van der Waals surface area contributed by atoms with Crippen molar-refractivity contribution < 1.29 is 14.6 Å². The summed E-state index contributed by atoms with van der Waals surface area (Å²) in [5, 5.41) is 12.2. The van der Waals surface area contributed by atoms with Crippen LogP contribution in [-0.2, 0) is 9.53 Å². The van der Waals surface area contributed by atoms with Crippen LogP contribution in [0.2, 0.25) is 0 Å². The van der Waals surface area contributed by atoms with E-state index in [1.807, 2.05) is 0 Å². The first kappa shape index (κ1) is 16.4. The van der Waals surface area contributed by atoms with E-state index in [0.717, 1.165) is 13.0 Å². The molecule has 1 amide bonds. The van der Waals surface area contributed by atoms with Crippen LogP contribution in [0.5, 0.6) is 0 Å². The first-order chi connectivity index (χ1) is 8.11. The van der Waals surface area contributed by atoms with Gasteiger partial charge in [-0.1, -0.05) is 13.8 Å². The molecular weight excluding hydrogens is 220 g/mol. The van der Waals surface area contributed by atoms with Crippen LogP contribution in [0.4, 0.5) is 0 Å². The number of ether oxygens (including phenoxy) is 1. The first-order valence-electron chi connectivity index (χ1n) is 6.22. The van der Waals surface area contributed by atoms with Gasteiger partial charge in [-0.25, -0.2) is 0 Å². The molecule has 0 aliphatic rings. The van der Waals surface area contributed by atoms with Crippen LogP contribution in [0.15, 0.2) is 0 Å². The van der Waals surface area contributed by atoms with Crippen molar-refractivity contribution in [1.29, 1.82) is 0 Å². The number of carbonyl (C=O) groups excluding carboxylic acids is 1. The Morgan fingerprint density at radius 1 is 1.41 bits per heavy atom. The van der Waals surface area contributed by atoms with Gasteiger partial charge in [0.15, 0.2) is 0 Å². The number of nitrogens with zero attached hydrogens (tertiary/aromatic N) is 1. The van der Waals surface area contributed by atoms with Crippen molar-refractivity contribution in [3.05, 3.63) is 0 Å². The molecule has 5 heteroatoms. The number of carbonyl (C=O) groups is 1. The van der Waals surface area contributed by atoms with Crippen LogP contribution in [0, 0.1) is 0 Å². The SMILES string of the molecule is COCCN(CCO)C(=O)CCCNC(C)C. The van der Waals surface area contributed by atoms with Crippen LogP contribution in [0.25, 0.3) is 0 Å². The Balaban J connectivity index is 3.80. The zero-order valence-electron chi connectivity index (χ0n) is 11.2. The monoisotopic (exact) mass is 246 g/mol. The highest BCUT2D eigenvalue weighted by Crippen LogP contribution is 1.98. The third kappa shape index (κ3) is 9.09. The van der Waals surface area contributed by atoms with Gasteiger partial charge in [-0.2, -0.15) is 0 Å². The van der Waals surface area contributed by atoms with Crippen LogP contribution in [-0.4, -0.2) is 61.9 Å². The summed E-state index contributed by atoms with van der Waals surface area (Å²) in [4.78, 5) is 13.5. The van der Waals surface area contributed by atoms with Gasteiger partial charge in [-0.15, -0.1) is 0 Å². The fourth-order valence-electron chi connectivity index (χ4n) is 1.47. The van der Waals surface area contributed by atoms with Crippen molar-refractivity contribution in [2.24, 2.45) is 0 Å². The largest absolute Gasteiger partial charge is 0.395 e. The van der Waals surface area contributed by atoms with Crippen molar-refractivity contribution in [1.82, 2.24) is 10.2 Å². The topological polar surface area (TPSA) is 61.8 Å². The van der Waals surface area contributed by atoms with Crippen molar-refractivity contribution >= 4 is 5.91 Å². The normalized spacial score (nSPS) is 10.9. The average Bonchev–Trinajstić information content (AvgIpc) is 2.29. The molecule has 0 aliphatic carbocycles. The fourth-order valence-corrected chi connectivity index (χ4v) is 1.47. The summed E-state index contributed by atoms with van der Waals surface area (Å²) in [6.45, 7) is 6.46. The molecule has 0 atom stereocenters. The van der Waals surface area contributed by atoms with E-state index in [-0.39, 0.29) is 12.5 Å². The van der Waals surface area contributed by atoms with Crippen molar-refractivity contribution in [3.8, 4) is 0 Å². The van der Waals surface area contributed by atoms with Crippen LogP contribution in [0.1, 0.15) is 26.7 Å². The lowest BCUT2D eigenvalue weighted by Gasteiger charge is -2.21. The summed E-state index contributed by atoms with van der Waals surface area (Å²) in [6, 6.07) is 0.451. The van der Waals surface area contributed by atoms with Crippen molar-refractivity contribution in [3.63, 3.8) is 0 Å². The summed E-state index contributed by atoms with van der Waals surface area (Å²) < 4.78 is 4.94. The smallest absolute Gasteiger partial charge is 0.222 e. The molecule has 0 spiro atoms. The predicted molar refractivity (Wildman–Crippen MR) is 67.9 cm³/mol. The standard InChI is InChI=1S/C12H26N2O3/c1-11(2)13-6-4-5-12(16)14(7-9-15)8-10-17-3/h11,13,15H,4-10H2,1-3H3. The third-order valence-electron chi connectivity index (χ3n) is 2.41. The molecule has 0 radical (unpaired) electrons. The Bertz CT molecular complexity index is 198. The molecule has 5 nitrogen and oxygen atoms in total. The molecule has 0 unspecified atom stereocenters. The van der Waals surface area contributed by atoms with Gasteiger partial charge < -0.3 is 20.1 Å². The lowest BCUT2D eigenvalue weighted by molar-refractivity contribution is -0.132. The van der Waals surface area contributed by atoms with E-state index in [4.69, 9.17) is 9.84 Å². The summed E-state index contributed by atoms with van der Waals surface area (Å²) in [6.07, 6.45) is 1.34. The summed E-state index contributed by atoms with van der Waals surface area (Å²) >= 11 is 0. The lowest BCUT2D eigenvalue weighted by Crippen LogP contribution is -2.36. The molecule has 0 saturated heterocycles. The van der Waals surface area contributed by atoms with Crippen LogP contribution < -0.4 is 5.32 Å². The number of aliphatic hydroxyl groups excluding tert-OH is 1. The van der Waals surface area contributed by atoms with Gasteiger partial charge in [0.2, 0.25) is 5.91 Å². The number of methoxy groups -OCH3 is 1. The van der Waals surface area contributed by atoms with E-state index >= 15 is 0 Å². The molecule has 0 heterocycles. The van der Waals surface area contributed by atoms with Gasteiger partial charge in [-0.3, -0.25) is 4.79 Å². The zero-order chi connectivity index (χ0) is 13.1. The van der Waals surface area contributed by atoms with Gasteiger partial charge in [-0.05, 0) is 13.0 Å². The second-order valence-corrected chi connectivity index (χ2v) is 4.31. The molecular formula is C12H26N2O3. The number of amides is 1. The highest BCUT2D eigenvalue weighted by Gasteiger charge is 2.11. The Morgan fingerprint density at radius 3 is 2.65 bits per heavy atom. The first-order valence-corrected chi connectivity index (χ1v) is 6.22. The average molecular weight is 246 g/mol. The molecule has 2 N–H and O–H groups in total. The van der Waals surface area contributed by atoms with Crippen molar-refractivity contribution in [2.45, 2.75) is 32.7 Å². The van der Waals surface area contributed by atoms with E-state index in [9.17, 15) is 4.79 Å². The van der Waals surface area contributed by atoms with E-state index in [1.54, 1.807) is 12.0 Å². The summed E-state index contributed by atoms with van der Waals surface area (Å²) in [5.74, 6) is 0.0849. The van der Waals surface area contributed by atoms with Gasteiger partial charge >= 0.3 is 0 Å². The third-order valence-corrected chi connectivity index (χ3v) is 2.41. The summed E-state index contributed by atoms with van der Waals surface area (Å²) in [5.41, 5.74) is 0. The van der Waals surface area contributed by atoms with Gasteiger partial charge in [0, 0.05) is 32.7 Å². The van der Waals surface area contributed by atoms with Gasteiger partial charge in [0.1, 0.15) is 0 Å². The molecule has 0 rings (SSSR count). The Labute approximate surface area is 104 Å².